The fourth-order valence-electron chi connectivity index (χ4n) is 3.37. The van der Waals surface area contributed by atoms with E-state index in [9.17, 15) is 17.8 Å². The van der Waals surface area contributed by atoms with E-state index in [4.69, 9.17) is 4.74 Å². The molecule has 0 amide bonds. The molecule has 0 atom stereocenters. The Labute approximate surface area is 158 Å². The van der Waals surface area contributed by atoms with Crippen molar-refractivity contribution < 1.29 is 27.1 Å². The average molecular weight is 387 g/mol. The molecule has 142 valence electrons. The van der Waals surface area contributed by atoms with Crippen molar-refractivity contribution in [1.29, 1.82) is 0 Å². The lowest BCUT2D eigenvalue weighted by Gasteiger charge is -2.16. The predicted octanol–water partition coefficient (Wildman–Crippen LogP) is 2.97. The first-order valence-corrected chi connectivity index (χ1v) is 9.86. The summed E-state index contributed by atoms with van der Waals surface area (Å²) in [5.41, 5.74) is 3.81. The zero-order valence-electron chi connectivity index (χ0n) is 15.6. The molecule has 1 aliphatic rings. The SMILES string of the molecule is COC(=O)c1ccc(C[N+]2=C(C)C(C)(C)c3cc(S(=O)(=O)[O-])ccc32)cc1. The third kappa shape index (κ3) is 3.40. The van der Waals surface area contributed by atoms with Crippen LogP contribution in [0.25, 0.3) is 0 Å². The van der Waals surface area contributed by atoms with E-state index in [0.29, 0.717) is 12.1 Å². The fraction of sp³-hybridized carbons (Fsp3) is 0.300. The normalized spacial score (nSPS) is 15.6. The molecule has 0 unspecified atom stereocenters. The van der Waals surface area contributed by atoms with E-state index in [1.54, 1.807) is 18.2 Å². The van der Waals surface area contributed by atoms with Crippen LogP contribution >= 0.6 is 0 Å². The van der Waals surface area contributed by atoms with Crippen LogP contribution in [0, 0.1) is 0 Å². The zero-order chi connectivity index (χ0) is 20.0. The summed E-state index contributed by atoms with van der Waals surface area (Å²) in [4.78, 5) is 11.4. The Morgan fingerprint density at radius 2 is 1.78 bits per heavy atom. The molecule has 27 heavy (non-hydrogen) atoms. The molecule has 2 aromatic rings. The van der Waals surface area contributed by atoms with Crippen molar-refractivity contribution in [3.63, 3.8) is 0 Å². The first-order valence-electron chi connectivity index (χ1n) is 8.45. The van der Waals surface area contributed by atoms with Gasteiger partial charge >= 0.3 is 5.97 Å². The summed E-state index contributed by atoms with van der Waals surface area (Å²) >= 11 is 0. The van der Waals surface area contributed by atoms with E-state index in [1.807, 2.05) is 32.9 Å². The van der Waals surface area contributed by atoms with E-state index in [1.165, 1.54) is 19.2 Å². The molecule has 0 radical (unpaired) electrons. The Kier molecular flexibility index (Phi) is 4.69. The van der Waals surface area contributed by atoms with Crippen molar-refractivity contribution >= 4 is 27.5 Å². The van der Waals surface area contributed by atoms with Crippen LogP contribution in [0.15, 0.2) is 47.4 Å². The number of ether oxygens (including phenoxy) is 1. The third-order valence-corrected chi connectivity index (χ3v) is 6.08. The third-order valence-electron chi connectivity index (χ3n) is 5.25. The molecule has 0 aromatic heterocycles. The van der Waals surface area contributed by atoms with Crippen molar-refractivity contribution in [2.24, 2.45) is 0 Å². The average Bonchev–Trinajstić information content (AvgIpc) is 2.81. The van der Waals surface area contributed by atoms with Gasteiger partial charge in [-0.3, -0.25) is 0 Å². The molecule has 1 aliphatic heterocycles. The van der Waals surface area contributed by atoms with Crippen molar-refractivity contribution in [1.82, 2.24) is 0 Å². The standard InChI is InChI=1S/C20H21NO5S/c1-13-20(2,3)17-11-16(27(23,24)25)9-10-18(17)21(13)12-14-5-7-15(8-6-14)19(22)26-4/h5-11H,12H2,1-4H3. The van der Waals surface area contributed by atoms with Crippen molar-refractivity contribution in [2.75, 3.05) is 7.11 Å². The highest BCUT2D eigenvalue weighted by Gasteiger charge is 2.43. The molecule has 6 nitrogen and oxygen atoms in total. The maximum absolute atomic E-state index is 11.6. The highest BCUT2D eigenvalue weighted by molar-refractivity contribution is 7.85. The molecule has 0 fully saturated rings. The largest absolute Gasteiger partial charge is 0.744 e. The number of carbonyl (C=O) groups is 1. The topological polar surface area (TPSA) is 86.5 Å². The molecule has 0 saturated heterocycles. The van der Waals surface area contributed by atoms with Crippen LogP contribution in [0.3, 0.4) is 0 Å². The molecule has 3 rings (SSSR count). The molecule has 2 aromatic carbocycles. The van der Waals surface area contributed by atoms with E-state index in [-0.39, 0.29) is 10.9 Å². The maximum Gasteiger partial charge on any atom is 0.337 e. The van der Waals surface area contributed by atoms with Gasteiger partial charge in [0.2, 0.25) is 5.69 Å². The van der Waals surface area contributed by atoms with Gasteiger partial charge in [0.1, 0.15) is 10.1 Å². The number of nitrogens with zero attached hydrogens (tertiary/aromatic N) is 1. The summed E-state index contributed by atoms with van der Waals surface area (Å²) in [7, 11) is -3.16. The summed E-state index contributed by atoms with van der Waals surface area (Å²) in [6, 6.07) is 11.7. The second-order valence-corrected chi connectivity index (χ2v) is 8.50. The lowest BCUT2D eigenvalue weighted by atomic mass is 9.82. The molecular weight excluding hydrogens is 366 g/mol. The number of rotatable bonds is 4. The molecule has 0 saturated carbocycles. The summed E-state index contributed by atoms with van der Waals surface area (Å²) in [6.07, 6.45) is 0. The van der Waals surface area contributed by atoms with Crippen molar-refractivity contribution in [2.45, 2.75) is 37.6 Å². The van der Waals surface area contributed by atoms with Gasteiger partial charge in [0.05, 0.1) is 23.0 Å². The second kappa shape index (κ2) is 6.58. The molecule has 0 aliphatic carbocycles. The number of hydrogen-bond donors (Lipinski definition) is 0. The lowest BCUT2D eigenvalue weighted by molar-refractivity contribution is -0.456. The summed E-state index contributed by atoms with van der Waals surface area (Å²) in [5, 5.41) is 0. The van der Waals surface area contributed by atoms with Gasteiger partial charge < -0.3 is 9.29 Å². The van der Waals surface area contributed by atoms with Crippen LogP contribution in [-0.2, 0) is 26.8 Å². The van der Waals surface area contributed by atoms with Gasteiger partial charge in [0.15, 0.2) is 12.3 Å². The zero-order valence-corrected chi connectivity index (χ0v) is 16.5. The molecular formula is C20H21NO5S. The predicted molar refractivity (Wildman–Crippen MR) is 99.5 cm³/mol. The monoisotopic (exact) mass is 387 g/mol. The fourth-order valence-corrected chi connectivity index (χ4v) is 3.87. The number of carbonyl (C=O) groups excluding carboxylic acids is 1. The van der Waals surface area contributed by atoms with Crippen LogP contribution in [0.5, 0.6) is 0 Å². The molecule has 7 heteroatoms. The van der Waals surface area contributed by atoms with E-state index >= 15 is 0 Å². The first kappa shape index (κ1) is 19.3. The molecule has 0 spiro atoms. The number of fused-ring (bicyclic) bond motifs is 1. The number of esters is 1. The van der Waals surface area contributed by atoms with Gasteiger partial charge in [0.25, 0.3) is 0 Å². The van der Waals surface area contributed by atoms with Crippen molar-refractivity contribution in [3.05, 3.63) is 59.2 Å². The Morgan fingerprint density at radius 3 is 2.33 bits per heavy atom. The summed E-state index contributed by atoms with van der Waals surface area (Å²) in [6.45, 7) is 6.56. The van der Waals surface area contributed by atoms with Crippen molar-refractivity contribution in [3.8, 4) is 0 Å². The van der Waals surface area contributed by atoms with Crippen LogP contribution in [0.4, 0.5) is 5.69 Å². The maximum atomic E-state index is 11.6. The number of benzene rings is 2. The van der Waals surface area contributed by atoms with E-state index in [0.717, 1.165) is 22.5 Å². The highest BCUT2D eigenvalue weighted by atomic mass is 32.2. The second-order valence-electron chi connectivity index (χ2n) is 7.12. The number of methoxy groups -OCH3 is 1. The molecule has 0 bridgehead atoms. The van der Waals surface area contributed by atoms with Gasteiger partial charge in [-0.15, -0.1) is 0 Å². The minimum atomic E-state index is -4.51. The van der Waals surface area contributed by atoms with E-state index in [2.05, 4.69) is 4.58 Å². The minimum absolute atomic E-state index is 0.216. The summed E-state index contributed by atoms with van der Waals surface area (Å²) < 4.78 is 41.0. The van der Waals surface area contributed by atoms with Crippen LogP contribution in [0.1, 0.15) is 42.3 Å². The smallest absolute Gasteiger partial charge is 0.337 e. The summed E-state index contributed by atoms with van der Waals surface area (Å²) in [5.74, 6) is -0.386. The Hall–Kier alpha value is -2.51. The van der Waals surface area contributed by atoms with Gasteiger partial charge in [-0.05, 0) is 38.1 Å². The van der Waals surface area contributed by atoms with Gasteiger partial charge in [0, 0.05) is 24.1 Å². The number of hydrogen-bond acceptors (Lipinski definition) is 5. The van der Waals surface area contributed by atoms with E-state index < -0.39 is 15.5 Å². The lowest BCUT2D eigenvalue weighted by Crippen LogP contribution is -2.26. The van der Waals surface area contributed by atoms with Gasteiger partial charge in [-0.25, -0.2) is 13.2 Å². The van der Waals surface area contributed by atoms with Crippen LogP contribution in [-0.4, -0.2) is 36.3 Å². The molecule has 0 N–H and O–H groups in total. The van der Waals surface area contributed by atoms with Gasteiger partial charge in [-0.2, -0.15) is 4.58 Å². The quantitative estimate of drug-likeness (QED) is 0.457. The Bertz CT molecular complexity index is 1050. The minimum Gasteiger partial charge on any atom is -0.744 e. The highest BCUT2D eigenvalue weighted by Crippen LogP contribution is 2.41. The molecule has 1 heterocycles. The van der Waals surface area contributed by atoms with Crippen LogP contribution in [0.2, 0.25) is 0 Å². The Balaban J connectivity index is 2.00. The van der Waals surface area contributed by atoms with Gasteiger partial charge in [-0.1, -0.05) is 12.1 Å². The Morgan fingerprint density at radius 1 is 1.15 bits per heavy atom. The first-order chi connectivity index (χ1) is 12.6. The van der Waals surface area contributed by atoms with Crippen LogP contribution < -0.4 is 0 Å².